The summed E-state index contributed by atoms with van der Waals surface area (Å²) in [5, 5.41) is 8.69. The van der Waals surface area contributed by atoms with E-state index >= 15 is 0 Å². The second-order valence-electron chi connectivity index (χ2n) is 6.34. The first-order chi connectivity index (χ1) is 10.7. The summed E-state index contributed by atoms with van der Waals surface area (Å²) in [6, 6.07) is 9.33. The summed E-state index contributed by atoms with van der Waals surface area (Å²) in [6.45, 7) is 5.12. The van der Waals surface area contributed by atoms with Gasteiger partial charge in [0.05, 0.1) is 12.6 Å². The lowest BCUT2D eigenvalue weighted by Crippen LogP contribution is -2.44. The molecule has 6 nitrogen and oxygen atoms in total. The molecule has 0 radical (unpaired) electrons. The first kappa shape index (κ1) is 19.0. The number of rotatable bonds is 7. The van der Waals surface area contributed by atoms with Gasteiger partial charge in [-0.3, -0.25) is 0 Å². The smallest absolute Gasteiger partial charge is 0.410 e. The van der Waals surface area contributed by atoms with Crippen molar-refractivity contribution < 1.29 is 24.2 Å². The Bertz CT molecular complexity index is 509. The highest BCUT2D eigenvalue weighted by atomic mass is 16.6. The second kappa shape index (κ2) is 8.53. The number of aliphatic carboxylic acids is 1. The van der Waals surface area contributed by atoms with Gasteiger partial charge in [0.1, 0.15) is 12.2 Å². The van der Waals surface area contributed by atoms with Crippen LogP contribution >= 0.6 is 0 Å². The van der Waals surface area contributed by atoms with Crippen molar-refractivity contribution in [2.75, 3.05) is 20.3 Å². The van der Waals surface area contributed by atoms with Crippen LogP contribution in [0.2, 0.25) is 0 Å². The average Bonchev–Trinajstić information content (AvgIpc) is 2.44. The van der Waals surface area contributed by atoms with Gasteiger partial charge in [0.15, 0.2) is 0 Å². The number of carbonyl (C=O) groups is 2. The number of carbonyl (C=O) groups excluding carboxylic acids is 1. The molecule has 0 unspecified atom stereocenters. The fourth-order valence-corrected chi connectivity index (χ4v) is 1.96. The van der Waals surface area contributed by atoms with Crippen molar-refractivity contribution in [3.8, 4) is 0 Å². The van der Waals surface area contributed by atoms with Gasteiger partial charge in [-0.05, 0) is 32.8 Å². The molecule has 6 heteroatoms. The first-order valence-electron chi connectivity index (χ1n) is 7.48. The number of hydrogen-bond acceptors (Lipinski definition) is 4. The van der Waals surface area contributed by atoms with Gasteiger partial charge >= 0.3 is 12.1 Å². The minimum Gasteiger partial charge on any atom is -0.480 e. The normalized spacial score (nSPS) is 12.5. The minimum absolute atomic E-state index is 0.122. The van der Waals surface area contributed by atoms with Crippen LogP contribution in [0.4, 0.5) is 4.79 Å². The van der Waals surface area contributed by atoms with Gasteiger partial charge in [0, 0.05) is 7.05 Å². The molecule has 1 atom stereocenters. The third kappa shape index (κ3) is 7.65. The van der Waals surface area contributed by atoms with Crippen molar-refractivity contribution in [1.82, 2.24) is 4.90 Å². The summed E-state index contributed by atoms with van der Waals surface area (Å²) in [5.74, 6) is -1.04. The fraction of sp³-hybridized carbons (Fsp3) is 0.529. The Morgan fingerprint density at radius 1 is 1.22 bits per heavy atom. The predicted molar refractivity (Wildman–Crippen MR) is 86.4 cm³/mol. The van der Waals surface area contributed by atoms with Crippen LogP contribution < -0.4 is 0 Å². The molecule has 1 aromatic rings. The maximum absolute atomic E-state index is 12.2. The van der Waals surface area contributed by atoms with Gasteiger partial charge in [-0.25, -0.2) is 9.59 Å². The Labute approximate surface area is 137 Å². The topological polar surface area (TPSA) is 76.1 Å². The van der Waals surface area contributed by atoms with Crippen molar-refractivity contribution in [3.05, 3.63) is 35.9 Å². The molecular weight excluding hydrogens is 298 g/mol. The number of carboxylic acids is 1. The fourth-order valence-electron chi connectivity index (χ4n) is 1.96. The van der Waals surface area contributed by atoms with Crippen molar-refractivity contribution in [2.45, 2.75) is 38.8 Å². The molecule has 0 heterocycles. The number of nitrogens with zero attached hydrogens (tertiary/aromatic N) is 1. The SMILES string of the molecule is CN(C(=O)OC(C)(C)C)[C@H](COCC(=O)O)Cc1ccccc1. The first-order valence-corrected chi connectivity index (χ1v) is 7.48. The third-order valence-corrected chi connectivity index (χ3v) is 3.08. The Hall–Kier alpha value is -2.08. The largest absolute Gasteiger partial charge is 0.480 e. The van der Waals surface area contributed by atoms with Crippen molar-refractivity contribution in [2.24, 2.45) is 0 Å². The Morgan fingerprint density at radius 3 is 2.35 bits per heavy atom. The number of benzene rings is 1. The standard InChI is InChI=1S/C17H25NO5/c1-17(2,3)23-16(21)18(4)14(11-22-12-15(19)20)10-13-8-6-5-7-9-13/h5-9,14H,10-12H2,1-4H3,(H,19,20)/t14-/m0/s1. The molecule has 0 spiro atoms. The zero-order chi connectivity index (χ0) is 17.5. The minimum atomic E-state index is -1.04. The molecule has 1 aromatic carbocycles. The van der Waals surface area contributed by atoms with E-state index in [-0.39, 0.29) is 12.6 Å². The summed E-state index contributed by atoms with van der Waals surface area (Å²) < 4.78 is 10.5. The molecule has 0 fully saturated rings. The average molecular weight is 323 g/mol. The van der Waals surface area contributed by atoms with Gasteiger partial charge < -0.3 is 19.5 Å². The van der Waals surface area contributed by atoms with Gasteiger partial charge in [-0.1, -0.05) is 30.3 Å². The zero-order valence-corrected chi connectivity index (χ0v) is 14.1. The van der Waals surface area contributed by atoms with Gasteiger partial charge in [0.25, 0.3) is 0 Å². The van der Waals surface area contributed by atoms with Gasteiger partial charge in [0.2, 0.25) is 0 Å². The quantitative estimate of drug-likeness (QED) is 0.834. The lowest BCUT2D eigenvalue weighted by atomic mass is 10.1. The molecule has 0 bridgehead atoms. The van der Waals surface area contributed by atoms with Crippen molar-refractivity contribution >= 4 is 12.1 Å². The maximum atomic E-state index is 12.2. The Balaban J connectivity index is 2.76. The highest BCUT2D eigenvalue weighted by Crippen LogP contribution is 2.14. The van der Waals surface area contributed by atoms with E-state index in [1.807, 2.05) is 30.3 Å². The van der Waals surface area contributed by atoms with E-state index in [9.17, 15) is 9.59 Å². The van der Waals surface area contributed by atoms with Crippen LogP contribution in [-0.2, 0) is 20.7 Å². The van der Waals surface area contributed by atoms with Gasteiger partial charge in [-0.2, -0.15) is 0 Å². The highest BCUT2D eigenvalue weighted by Gasteiger charge is 2.26. The van der Waals surface area contributed by atoms with E-state index in [1.54, 1.807) is 27.8 Å². The zero-order valence-electron chi connectivity index (χ0n) is 14.1. The number of hydrogen-bond donors (Lipinski definition) is 1. The van der Waals surface area contributed by atoms with E-state index in [0.717, 1.165) is 5.56 Å². The molecule has 0 aliphatic carbocycles. The van der Waals surface area contributed by atoms with E-state index in [0.29, 0.717) is 6.42 Å². The number of ether oxygens (including phenoxy) is 2. The molecule has 0 aromatic heterocycles. The van der Waals surface area contributed by atoms with Crippen molar-refractivity contribution in [1.29, 1.82) is 0 Å². The summed E-state index contributed by atoms with van der Waals surface area (Å²) in [5.41, 5.74) is 0.441. The van der Waals surface area contributed by atoms with Crippen LogP contribution in [0.15, 0.2) is 30.3 Å². The summed E-state index contributed by atoms with van der Waals surface area (Å²) in [7, 11) is 1.63. The molecule has 23 heavy (non-hydrogen) atoms. The summed E-state index contributed by atoms with van der Waals surface area (Å²) in [6.07, 6.45) is 0.0910. The van der Waals surface area contributed by atoms with Crippen LogP contribution in [0.1, 0.15) is 26.3 Å². The van der Waals surface area contributed by atoms with E-state index < -0.39 is 24.3 Å². The summed E-state index contributed by atoms with van der Waals surface area (Å²) >= 11 is 0. The van der Waals surface area contributed by atoms with Gasteiger partial charge in [-0.15, -0.1) is 0 Å². The third-order valence-electron chi connectivity index (χ3n) is 3.08. The lowest BCUT2D eigenvalue weighted by Gasteiger charge is -2.30. The monoisotopic (exact) mass is 323 g/mol. The Morgan fingerprint density at radius 2 is 1.83 bits per heavy atom. The number of likely N-dealkylation sites (N-methyl/N-ethyl adjacent to an activating group) is 1. The molecule has 1 amide bonds. The molecule has 0 aliphatic rings. The van der Waals surface area contributed by atoms with Crippen LogP contribution in [0, 0.1) is 0 Å². The van der Waals surface area contributed by atoms with Crippen LogP contribution in [0.5, 0.6) is 0 Å². The van der Waals surface area contributed by atoms with E-state index in [1.165, 1.54) is 4.90 Å². The predicted octanol–water partition coefficient (Wildman–Crippen LogP) is 2.57. The molecule has 1 N–H and O–H groups in total. The lowest BCUT2D eigenvalue weighted by molar-refractivity contribution is -0.142. The summed E-state index contributed by atoms with van der Waals surface area (Å²) in [4.78, 5) is 24.3. The maximum Gasteiger partial charge on any atom is 0.410 e. The molecule has 128 valence electrons. The van der Waals surface area contributed by atoms with Crippen molar-refractivity contribution in [3.63, 3.8) is 0 Å². The van der Waals surface area contributed by atoms with Crippen LogP contribution in [0.3, 0.4) is 0 Å². The molecular formula is C17H25NO5. The second-order valence-corrected chi connectivity index (χ2v) is 6.34. The molecule has 0 aliphatic heterocycles. The molecule has 0 saturated heterocycles. The van der Waals surface area contributed by atoms with E-state index in [2.05, 4.69) is 0 Å². The Kier molecular flexibility index (Phi) is 7.03. The number of carboxylic acid groups (broad SMARTS) is 1. The van der Waals surface area contributed by atoms with Crippen LogP contribution in [-0.4, -0.2) is 54.0 Å². The molecule has 1 rings (SSSR count). The molecule has 0 saturated carbocycles. The highest BCUT2D eigenvalue weighted by molar-refractivity contribution is 5.68. The van der Waals surface area contributed by atoms with Crippen LogP contribution in [0.25, 0.3) is 0 Å². The number of amides is 1. The van der Waals surface area contributed by atoms with E-state index in [4.69, 9.17) is 14.6 Å².